The van der Waals surface area contributed by atoms with Crippen molar-refractivity contribution in [1.82, 2.24) is 9.71 Å². The van der Waals surface area contributed by atoms with Crippen molar-refractivity contribution in [2.24, 2.45) is 0 Å². The molecule has 1 aromatic heterocycles. The van der Waals surface area contributed by atoms with Crippen molar-refractivity contribution in [1.29, 1.82) is 0 Å². The van der Waals surface area contributed by atoms with Gasteiger partial charge in [0.15, 0.2) is 5.13 Å². The van der Waals surface area contributed by atoms with Crippen LogP contribution in [0.1, 0.15) is 11.3 Å². The van der Waals surface area contributed by atoms with Crippen LogP contribution in [-0.2, 0) is 10.0 Å². The minimum Gasteiger partial charge on any atom is -0.283 e. The van der Waals surface area contributed by atoms with Crippen molar-refractivity contribution in [3.05, 3.63) is 40.9 Å². The highest BCUT2D eigenvalue weighted by molar-refractivity contribution is 7.90. The number of nitrogens with one attached hydrogen (secondary N) is 2. The smallest absolute Gasteiger partial charge is 0.283 e. The monoisotopic (exact) mass is 311 g/mol. The largest absolute Gasteiger partial charge is 0.334 e. The Bertz CT molecular complexity index is 738. The van der Waals surface area contributed by atoms with Gasteiger partial charge in [0.05, 0.1) is 10.6 Å². The Kier molecular flexibility index (Phi) is 4.05. The quantitative estimate of drug-likeness (QED) is 0.910. The lowest BCUT2D eigenvalue weighted by Gasteiger charge is -2.08. The Labute approximate surface area is 120 Å². The van der Waals surface area contributed by atoms with Crippen molar-refractivity contribution in [2.45, 2.75) is 18.7 Å². The molecule has 2 amide bonds. The minimum absolute atomic E-state index is 0.0745. The van der Waals surface area contributed by atoms with Crippen molar-refractivity contribution < 1.29 is 13.2 Å². The van der Waals surface area contributed by atoms with Gasteiger partial charge in [-0.1, -0.05) is 18.2 Å². The summed E-state index contributed by atoms with van der Waals surface area (Å²) < 4.78 is 26.1. The maximum absolute atomic E-state index is 12.1. The molecule has 0 bridgehead atoms. The van der Waals surface area contributed by atoms with E-state index in [1.54, 1.807) is 37.4 Å². The first-order valence-corrected chi connectivity index (χ1v) is 8.06. The molecule has 1 aromatic carbocycles. The first-order chi connectivity index (χ1) is 9.38. The molecule has 0 unspecified atom stereocenters. The fourth-order valence-electron chi connectivity index (χ4n) is 1.57. The molecule has 0 aliphatic rings. The van der Waals surface area contributed by atoms with E-state index in [1.807, 2.05) is 4.72 Å². The molecule has 0 aliphatic heterocycles. The van der Waals surface area contributed by atoms with Crippen LogP contribution >= 0.6 is 11.3 Å². The number of hydrogen-bond acceptors (Lipinski definition) is 5. The minimum atomic E-state index is -3.89. The Morgan fingerprint density at radius 3 is 2.55 bits per heavy atom. The van der Waals surface area contributed by atoms with E-state index < -0.39 is 16.1 Å². The van der Waals surface area contributed by atoms with E-state index >= 15 is 0 Å². The van der Waals surface area contributed by atoms with Crippen LogP contribution in [0.5, 0.6) is 0 Å². The molecule has 0 saturated heterocycles. The van der Waals surface area contributed by atoms with Crippen molar-refractivity contribution >= 4 is 32.5 Å². The second kappa shape index (κ2) is 5.59. The van der Waals surface area contributed by atoms with E-state index in [1.165, 1.54) is 17.4 Å². The molecule has 0 atom stereocenters. The summed E-state index contributed by atoms with van der Waals surface area (Å²) in [5.41, 5.74) is 1.32. The van der Waals surface area contributed by atoms with Gasteiger partial charge in [-0.25, -0.2) is 22.9 Å². The van der Waals surface area contributed by atoms with Gasteiger partial charge in [-0.3, -0.25) is 5.32 Å². The third-order valence-electron chi connectivity index (χ3n) is 2.45. The zero-order valence-electron chi connectivity index (χ0n) is 10.9. The molecule has 106 valence electrons. The number of sulfonamides is 1. The standard InChI is InChI=1S/C12H13N3O3S2/c1-8-5-3-4-6-10(8)20(17,18)15-11(16)14-12-13-9(2)7-19-12/h3-7H,1-2H3,(H2,13,14,15,16). The third kappa shape index (κ3) is 3.34. The van der Waals surface area contributed by atoms with E-state index in [-0.39, 0.29) is 4.90 Å². The predicted octanol–water partition coefficient (Wildman–Crippen LogP) is 2.27. The van der Waals surface area contributed by atoms with Crippen LogP contribution in [0.3, 0.4) is 0 Å². The molecule has 0 spiro atoms. The maximum atomic E-state index is 12.1. The molecular weight excluding hydrogens is 298 g/mol. The van der Waals surface area contributed by atoms with Gasteiger partial charge in [0.25, 0.3) is 10.0 Å². The predicted molar refractivity (Wildman–Crippen MR) is 77.4 cm³/mol. The number of thiazole rings is 1. The second-order valence-electron chi connectivity index (χ2n) is 4.12. The fourth-order valence-corrected chi connectivity index (χ4v) is 3.41. The van der Waals surface area contributed by atoms with Crippen LogP contribution in [0, 0.1) is 13.8 Å². The van der Waals surface area contributed by atoms with Gasteiger partial charge in [0, 0.05) is 5.38 Å². The van der Waals surface area contributed by atoms with Crippen LogP contribution in [0.4, 0.5) is 9.93 Å². The summed E-state index contributed by atoms with van der Waals surface area (Å²) in [7, 11) is -3.89. The van der Waals surface area contributed by atoms with Crippen LogP contribution in [0.2, 0.25) is 0 Å². The third-order valence-corrected chi connectivity index (χ3v) is 4.82. The molecule has 6 nitrogen and oxygen atoms in total. The van der Waals surface area contributed by atoms with Gasteiger partial charge in [-0.15, -0.1) is 11.3 Å². The van der Waals surface area contributed by atoms with E-state index in [0.717, 1.165) is 5.69 Å². The molecule has 0 fully saturated rings. The number of benzene rings is 1. The normalized spacial score (nSPS) is 11.1. The molecule has 2 aromatic rings. The van der Waals surface area contributed by atoms with Crippen molar-refractivity contribution in [3.63, 3.8) is 0 Å². The van der Waals surface area contributed by atoms with Crippen LogP contribution in [0.15, 0.2) is 34.5 Å². The Hall–Kier alpha value is -1.93. The summed E-state index contributed by atoms with van der Waals surface area (Å²) >= 11 is 1.22. The number of carbonyl (C=O) groups excluding carboxylic acids is 1. The topological polar surface area (TPSA) is 88.2 Å². The average Bonchev–Trinajstić information content (AvgIpc) is 2.74. The number of carbonyl (C=O) groups is 1. The zero-order chi connectivity index (χ0) is 14.8. The molecule has 2 rings (SSSR count). The zero-order valence-corrected chi connectivity index (χ0v) is 12.5. The van der Waals surface area contributed by atoms with Crippen LogP contribution < -0.4 is 10.0 Å². The Morgan fingerprint density at radius 2 is 1.95 bits per heavy atom. The maximum Gasteiger partial charge on any atom is 0.334 e. The fraction of sp³-hybridized carbons (Fsp3) is 0.167. The summed E-state index contributed by atoms with van der Waals surface area (Å²) in [5.74, 6) is 0. The molecule has 2 N–H and O–H groups in total. The molecule has 8 heteroatoms. The van der Waals surface area contributed by atoms with Gasteiger partial charge in [-0.2, -0.15) is 0 Å². The summed E-state index contributed by atoms with van der Waals surface area (Å²) in [6.45, 7) is 3.44. The molecule has 0 saturated carbocycles. The molecule has 0 radical (unpaired) electrons. The number of anilines is 1. The first-order valence-electron chi connectivity index (χ1n) is 5.70. The number of aromatic nitrogens is 1. The van der Waals surface area contributed by atoms with E-state index in [4.69, 9.17) is 0 Å². The summed E-state index contributed by atoms with van der Waals surface area (Å²) in [5, 5.41) is 4.49. The second-order valence-corrected chi connectivity index (χ2v) is 6.63. The highest BCUT2D eigenvalue weighted by atomic mass is 32.2. The summed E-state index contributed by atoms with van der Waals surface area (Å²) in [4.78, 5) is 15.8. The van der Waals surface area contributed by atoms with Crippen LogP contribution in [0.25, 0.3) is 0 Å². The SMILES string of the molecule is Cc1csc(NC(=O)NS(=O)(=O)c2ccccc2C)n1. The number of amides is 2. The van der Waals surface area contributed by atoms with E-state index in [0.29, 0.717) is 10.7 Å². The van der Waals surface area contributed by atoms with Gasteiger partial charge in [-0.05, 0) is 25.5 Å². The number of nitrogens with zero attached hydrogens (tertiary/aromatic N) is 1. The lowest BCUT2D eigenvalue weighted by atomic mass is 10.2. The lowest BCUT2D eigenvalue weighted by Crippen LogP contribution is -2.34. The number of rotatable bonds is 3. The summed E-state index contributed by atoms with van der Waals surface area (Å²) in [6.07, 6.45) is 0. The lowest BCUT2D eigenvalue weighted by molar-refractivity contribution is 0.256. The first kappa shape index (κ1) is 14.5. The van der Waals surface area contributed by atoms with Gasteiger partial charge >= 0.3 is 6.03 Å². The molecule has 20 heavy (non-hydrogen) atoms. The Balaban J connectivity index is 2.13. The van der Waals surface area contributed by atoms with Gasteiger partial charge < -0.3 is 0 Å². The van der Waals surface area contributed by atoms with Crippen molar-refractivity contribution in [2.75, 3.05) is 5.32 Å². The van der Waals surface area contributed by atoms with E-state index in [2.05, 4.69) is 10.3 Å². The van der Waals surface area contributed by atoms with E-state index in [9.17, 15) is 13.2 Å². The van der Waals surface area contributed by atoms with Crippen molar-refractivity contribution in [3.8, 4) is 0 Å². The Morgan fingerprint density at radius 1 is 1.25 bits per heavy atom. The van der Waals surface area contributed by atoms with Crippen LogP contribution in [-0.4, -0.2) is 19.4 Å². The van der Waals surface area contributed by atoms with Gasteiger partial charge in [0.2, 0.25) is 0 Å². The molecular formula is C12H13N3O3S2. The highest BCUT2D eigenvalue weighted by Gasteiger charge is 2.19. The number of aryl methyl sites for hydroxylation is 2. The highest BCUT2D eigenvalue weighted by Crippen LogP contribution is 2.16. The van der Waals surface area contributed by atoms with Gasteiger partial charge in [0.1, 0.15) is 0 Å². The molecule has 1 heterocycles. The average molecular weight is 311 g/mol. The number of urea groups is 1. The number of hydrogen-bond donors (Lipinski definition) is 2. The summed E-state index contributed by atoms with van der Waals surface area (Å²) in [6, 6.07) is 5.61. The molecule has 0 aliphatic carbocycles.